The minimum atomic E-state index is -0.178. The van der Waals surface area contributed by atoms with Crippen molar-refractivity contribution in [2.24, 2.45) is 0 Å². The molecule has 4 nitrogen and oxygen atoms in total. The number of fused-ring (bicyclic) bond motifs is 1. The highest BCUT2D eigenvalue weighted by Crippen LogP contribution is 2.37. The second-order valence-electron chi connectivity index (χ2n) is 7.15. The van der Waals surface area contributed by atoms with Crippen molar-refractivity contribution in [3.63, 3.8) is 0 Å². The molecule has 0 radical (unpaired) electrons. The molecule has 2 heterocycles. The Morgan fingerprint density at radius 1 is 1.27 bits per heavy atom. The molecule has 0 spiro atoms. The number of likely N-dealkylation sites (tertiary alicyclic amines) is 1. The van der Waals surface area contributed by atoms with Crippen LogP contribution in [0, 0.1) is 0 Å². The molecule has 2 N–H and O–H groups in total. The second-order valence-corrected chi connectivity index (χ2v) is 7.56. The second kappa shape index (κ2) is 6.45. The van der Waals surface area contributed by atoms with Gasteiger partial charge in [0.2, 0.25) is 5.88 Å². The van der Waals surface area contributed by atoms with E-state index in [1.807, 2.05) is 6.07 Å². The number of nitrogens with zero attached hydrogens (tertiary/aromatic N) is 1. The number of halogens is 1. The Kier molecular flexibility index (Phi) is 4.25. The first-order valence-corrected chi connectivity index (χ1v) is 9.16. The standard InChI is InChI=1S/C21H21ClN2O2/c1-12(25)20-17-9-16(18(22)10-19(17)23-21(20)26)14-5-3-13(4-6-14)15-7-8-24(2)11-15/h3-6,9-10,15,23,26H,7-8,11H2,1-2H3. The summed E-state index contributed by atoms with van der Waals surface area (Å²) in [5.74, 6) is 0.294. The van der Waals surface area contributed by atoms with Crippen molar-refractivity contribution in [3.8, 4) is 17.0 Å². The lowest BCUT2D eigenvalue weighted by Gasteiger charge is -2.12. The molecule has 1 unspecified atom stereocenters. The first-order valence-electron chi connectivity index (χ1n) is 8.78. The Morgan fingerprint density at radius 2 is 2.00 bits per heavy atom. The number of nitrogens with one attached hydrogen (secondary N) is 1. The summed E-state index contributed by atoms with van der Waals surface area (Å²) < 4.78 is 0. The number of hydrogen-bond donors (Lipinski definition) is 2. The van der Waals surface area contributed by atoms with Crippen LogP contribution in [0.25, 0.3) is 22.0 Å². The van der Waals surface area contributed by atoms with E-state index in [9.17, 15) is 9.90 Å². The number of rotatable bonds is 3. The minimum absolute atomic E-state index is 0.110. The van der Waals surface area contributed by atoms with Crippen LogP contribution in [0.5, 0.6) is 5.88 Å². The van der Waals surface area contributed by atoms with Crippen molar-refractivity contribution >= 4 is 28.3 Å². The zero-order valence-electron chi connectivity index (χ0n) is 14.8. The topological polar surface area (TPSA) is 56.3 Å². The van der Waals surface area contributed by atoms with Crippen molar-refractivity contribution in [3.05, 3.63) is 52.5 Å². The van der Waals surface area contributed by atoms with Gasteiger partial charge < -0.3 is 15.0 Å². The van der Waals surface area contributed by atoms with Crippen LogP contribution < -0.4 is 0 Å². The predicted molar refractivity (Wildman–Crippen MR) is 105 cm³/mol. The molecule has 1 aliphatic heterocycles. The van der Waals surface area contributed by atoms with E-state index in [-0.39, 0.29) is 11.7 Å². The first kappa shape index (κ1) is 17.1. The Balaban J connectivity index is 1.75. The van der Waals surface area contributed by atoms with Crippen LogP contribution in [0.4, 0.5) is 0 Å². The SMILES string of the molecule is CC(=O)c1c(O)[nH]c2cc(Cl)c(-c3ccc(C4CCN(C)C4)cc3)cc12. The number of hydrogen-bond acceptors (Lipinski definition) is 3. The molecule has 0 aliphatic carbocycles. The Morgan fingerprint density at radius 3 is 2.62 bits per heavy atom. The maximum atomic E-state index is 11.9. The van der Waals surface area contributed by atoms with Gasteiger partial charge in [-0.05, 0) is 56.1 Å². The first-order chi connectivity index (χ1) is 12.4. The third-order valence-electron chi connectivity index (χ3n) is 5.30. The summed E-state index contributed by atoms with van der Waals surface area (Å²) in [6.07, 6.45) is 1.19. The summed E-state index contributed by atoms with van der Waals surface area (Å²) in [7, 11) is 2.16. The van der Waals surface area contributed by atoms with E-state index >= 15 is 0 Å². The van der Waals surface area contributed by atoms with Gasteiger partial charge in [0.05, 0.1) is 16.1 Å². The van der Waals surface area contributed by atoms with E-state index < -0.39 is 0 Å². The number of aromatic nitrogens is 1. The summed E-state index contributed by atoms with van der Waals surface area (Å²) >= 11 is 6.47. The number of carbonyl (C=O) groups is 1. The number of likely N-dealkylation sites (N-methyl/N-ethyl adjacent to an activating group) is 1. The van der Waals surface area contributed by atoms with Crippen LogP contribution in [0.3, 0.4) is 0 Å². The number of benzene rings is 2. The molecule has 2 aromatic carbocycles. The zero-order chi connectivity index (χ0) is 18.4. The van der Waals surface area contributed by atoms with Crippen molar-refractivity contribution in [1.29, 1.82) is 0 Å². The number of aromatic amines is 1. The lowest BCUT2D eigenvalue weighted by Crippen LogP contribution is -2.13. The van der Waals surface area contributed by atoms with Gasteiger partial charge in [0.1, 0.15) is 0 Å². The van der Waals surface area contributed by atoms with Gasteiger partial charge in [0, 0.05) is 17.5 Å². The maximum absolute atomic E-state index is 11.9. The van der Waals surface area contributed by atoms with E-state index in [4.69, 9.17) is 11.6 Å². The third-order valence-corrected chi connectivity index (χ3v) is 5.62. The fourth-order valence-corrected chi connectivity index (χ4v) is 4.19. The largest absolute Gasteiger partial charge is 0.494 e. The van der Waals surface area contributed by atoms with Gasteiger partial charge >= 0.3 is 0 Å². The Labute approximate surface area is 157 Å². The lowest BCUT2D eigenvalue weighted by atomic mass is 9.95. The van der Waals surface area contributed by atoms with Crippen LogP contribution in [-0.4, -0.2) is 40.9 Å². The highest BCUT2D eigenvalue weighted by molar-refractivity contribution is 6.34. The van der Waals surface area contributed by atoms with Crippen LogP contribution in [0.15, 0.2) is 36.4 Å². The Hall–Kier alpha value is -2.30. The van der Waals surface area contributed by atoms with Crippen molar-refractivity contribution in [1.82, 2.24) is 9.88 Å². The minimum Gasteiger partial charge on any atom is -0.494 e. The Bertz CT molecular complexity index is 991. The molecule has 1 aromatic heterocycles. The summed E-state index contributed by atoms with van der Waals surface area (Å²) in [5, 5.41) is 11.3. The number of H-pyrrole nitrogens is 1. The van der Waals surface area contributed by atoms with Gasteiger partial charge in [-0.15, -0.1) is 0 Å². The number of carbonyl (C=O) groups excluding carboxylic acids is 1. The lowest BCUT2D eigenvalue weighted by molar-refractivity contribution is 0.101. The molecular weight excluding hydrogens is 348 g/mol. The highest BCUT2D eigenvalue weighted by atomic mass is 35.5. The van der Waals surface area contributed by atoms with E-state index in [1.165, 1.54) is 18.9 Å². The predicted octanol–water partition coefficient (Wildman–Crippen LogP) is 4.82. The number of aromatic hydroxyl groups is 1. The van der Waals surface area contributed by atoms with Crippen LogP contribution in [-0.2, 0) is 0 Å². The van der Waals surface area contributed by atoms with Gasteiger partial charge in [-0.2, -0.15) is 0 Å². The average molecular weight is 369 g/mol. The zero-order valence-corrected chi connectivity index (χ0v) is 15.6. The summed E-state index contributed by atoms with van der Waals surface area (Å²) in [6, 6.07) is 12.1. The van der Waals surface area contributed by atoms with Crippen LogP contribution in [0.1, 0.15) is 35.2 Å². The maximum Gasteiger partial charge on any atom is 0.200 e. The third kappa shape index (κ3) is 2.89. The molecule has 134 valence electrons. The smallest absolute Gasteiger partial charge is 0.200 e. The number of ketones is 1. The summed E-state index contributed by atoms with van der Waals surface area (Å²) in [5.41, 5.74) is 4.17. The molecule has 4 rings (SSSR count). The molecule has 0 amide bonds. The van der Waals surface area contributed by atoms with E-state index in [0.29, 0.717) is 27.4 Å². The normalized spacial score (nSPS) is 17.9. The van der Waals surface area contributed by atoms with Gasteiger partial charge in [-0.3, -0.25) is 4.79 Å². The molecule has 3 aromatic rings. The van der Waals surface area contributed by atoms with E-state index in [0.717, 1.165) is 24.2 Å². The van der Waals surface area contributed by atoms with Crippen LogP contribution >= 0.6 is 11.6 Å². The molecule has 5 heteroatoms. The molecule has 26 heavy (non-hydrogen) atoms. The summed E-state index contributed by atoms with van der Waals surface area (Å²) in [4.78, 5) is 17.1. The van der Waals surface area contributed by atoms with Crippen molar-refractivity contribution < 1.29 is 9.90 Å². The monoisotopic (exact) mass is 368 g/mol. The molecule has 0 bridgehead atoms. The van der Waals surface area contributed by atoms with Crippen LogP contribution in [0.2, 0.25) is 5.02 Å². The molecule has 1 fully saturated rings. The average Bonchev–Trinajstić information content (AvgIpc) is 3.16. The van der Waals surface area contributed by atoms with Gasteiger partial charge in [-0.25, -0.2) is 0 Å². The van der Waals surface area contributed by atoms with Crippen molar-refractivity contribution in [2.75, 3.05) is 20.1 Å². The molecule has 1 atom stereocenters. The summed E-state index contributed by atoms with van der Waals surface area (Å²) in [6.45, 7) is 3.68. The van der Waals surface area contributed by atoms with Gasteiger partial charge in [0.15, 0.2) is 5.78 Å². The van der Waals surface area contributed by atoms with Gasteiger partial charge in [0.25, 0.3) is 0 Å². The molecule has 1 saturated heterocycles. The quantitative estimate of drug-likeness (QED) is 0.652. The highest BCUT2D eigenvalue weighted by Gasteiger charge is 2.21. The fraction of sp³-hybridized carbons (Fsp3) is 0.286. The number of Topliss-reactive ketones (excluding diaryl/α,β-unsaturated/α-hetero) is 1. The van der Waals surface area contributed by atoms with E-state index in [2.05, 4.69) is 41.2 Å². The van der Waals surface area contributed by atoms with Gasteiger partial charge in [-0.1, -0.05) is 35.9 Å². The fourth-order valence-electron chi connectivity index (χ4n) is 3.92. The molecular formula is C21H21ClN2O2. The van der Waals surface area contributed by atoms with Crippen molar-refractivity contribution in [2.45, 2.75) is 19.3 Å². The molecule has 1 aliphatic rings. The molecule has 0 saturated carbocycles. The van der Waals surface area contributed by atoms with E-state index in [1.54, 1.807) is 6.07 Å².